The molecule has 2 aromatic rings. The van der Waals surface area contributed by atoms with Gasteiger partial charge in [0.05, 0.1) is 11.9 Å². The number of hydrogen-bond acceptors (Lipinski definition) is 6. The minimum atomic E-state index is -0.271. The van der Waals surface area contributed by atoms with Crippen LogP contribution < -0.4 is 15.0 Å². The van der Waals surface area contributed by atoms with E-state index in [0.717, 1.165) is 54.4 Å². The van der Waals surface area contributed by atoms with Crippen LogP contribution in [0.15, 0.2) is 29.4 Å². The lowest BCUT2D eigenvalue weighted by Gasteiger charge is -2.31. The number of amides is 1. The average Bonchev–Trinajstić information content (AvgIpc) is 3.50. The van der Waals surface area contributed by atoms with E-state index in [2.05, 4.69) is 31.9 Å². The molecule has 0 spiro atoms. The number of anilines is 2. The Morgan fingerprint density at radius 1 is 1.20 bits per heavy atom. The monoisotopic (exact) mass is 429 g/mol. The molecule has 0 radical (unpaired) electrons. The molecule has 162 valence electrons. The summed E-state index contributed by atoms with van der Waals surface area (Å²) in [7, 11) is 0. The Kier molecular flexibility index (Phi) is 6.51. The molecule has 2 heterocycles. The van der Waals surface area contributed by atoms with E-state index in [0.29, 0.717) is 12.6 Å². The Bertz CT molecular complexity index is 857. The molecule has 1 saturated heterocycles. The summed E-state index contributed by atoms with van der Waals surface area (Å²) in [5.74, 6) is 2.52. The van der Waals surface area contributed by atoms with Gasteiger partial charge in [-0.25, -0.2) is 0 Å². The van der Waals surface area contributed by atoms with E-state index in [1.54, 1.807) is 0 Å². The molecule has 2 aliphatic rings. The van der Waals surface area contributed by atoms with E-state index in [4.69, 9.17) is 4.74 Å². The first-order valence-electron chi connectivity index (χ1n) is 11.0. The Labute approximate surface area is 182 Å². The van der Waals surface area contributed by atoms with Gasteiger partial charge in [-0.2, -0.15) is 0 Å². The van der Waals surface area contributed by atoms with Crippen LogP contribution in [0.4, 0.5) is 11.6 Å². The van der Waals surface area contributed by atoms with Gasteiger partial charge >= 0.3 is 0 Å². The molecule has 30 heavy (non-hydrogen) atoms. The molecular formula is C22H31N5O2S. The zero-order valence-corrected chi connectivity index (χ0v) is 18.8. The highest BCUT2D eigenvalue weighted by molar-refractivity contribution is 8.00. The Morgan fingerprint density at radius 2 is 1.90 bits per heavy atom. The van der Waals surface area contributed by atoms with Crippen LogP contribution in [0.5, 0.6) is 5.75 Å². The summed E-state index contributed by atoms with van der Waals surface area (Å²) in [6.07, 6.45) is 4.72. The van der Waals surface area contributed by atoms with Crippen LogP contribution in [0, 0.1) is 5.92 Å². The van der Waals surface area contributed by atoms with E-state index in [1.807, 2.05) is 38.1 Å². The molecule has 1 atom stereocenters. The van der Waals surface area contributed by atoms with Crippen molar-refractivity contribution < 1.29 is 9.53 Å². The molecule has 7 nitrogen and oxygen atoms in total. The summed E-state index contributed by atoms with van der Waals surface area (Å²) < 4.78 is 7.72. The molecule has 1 N–H and O–H groups in total. The number of nitrogens with zero attached hydrogens (tertiary/aromatic N) is 4. The first-order chi connectivity index (χ1) is 14.5. The van der Waals surface area contributed by atoms with Gasteiger partial charge in [0.15, 0.2) is 5.16 Å². The number of ether oxygens (including phenoxy) is 1. The van der Waals surface area contributed by atoms with Crippen molar-refractivity contribution in [3.8, 4) is 5.75 Å². The summed E-state index contributed by atoms with van der Waals surface area (Å²) in [6.45, 7) is 8.87. The smallest absolute Gasteiger partial charge is 0.237 e. The largest absolute Gasteiger partial charge is 0.494 e. The summed E-state index contributed by atoms with van der Waals surface area (Å²) >= 11 is 1.49. The number of benzene rings is 1. The molecule has 1 aromatic carbocycles. The number of piperidine rings is 1. The fraction of sp³-hybridized carbons (Fsp3) is 0.591. The highest BCUT2D eigenvalue weighted by Crippen LogP contribution is 2.42. The topological polar surface area (TPSA) is 72.3 Å². The van der Waals surface area contributed by atoms with Crippen molar-refractivity contribution in [2.45, 2.75) is 62.9 Å². The van der Waals surface area contributed by atoms with Crippen molar-refractivity contribution in [1.29, 1.82) is 0 Å². The van der Waals surface area contributed by atoms with Gasteiger partial charge in [-0.1, -0.05) is 18.7 Å². The predicted octanol–water partition coefficient (Wildman–Crippen LogP) is 4.37. The fourth-order valence-corrected chi connectivity index (χ4v) is 4.60. The number of rotatable bonds is 8. The van der Waals surface area contributed by atoms with Gasteiger partial charge < -0.3 is 15.0 Å². The van der Waals surface area contributed by atoms with Crippen molar-refractivity contribution in [3.05, 3.63) is 24.3 Å². The maximum Gasteiger partial charge on any atom is 0.237 e. The van der Waals surface area contributed by atoms with Gasteiger partial charge in [0.1, 0.15) is 5.75 Å². The van der Waals surface area contributed by atoms with Gasteiger partial charge in [0, 0.05) is 24.8 Å². The summed E-state index contributed by atoms with van der Waals surface area (Å²) in [5, 5.41) is 12.6. The zero-order valence-electron chi connectivity index (χ0n) is 18.0. The lowest BCUT2D eigenvalue weighted by atomic mass is 10.00. The number of hydrogen-bond donors (Lipinski definition) is 1. The van der Waals surface area contributed by atoms with E-state index >= 15 is 0 Å². The van der Waals surface area contributed by atoms with Crippen molar-refractivity contribution in [2.24, 2.45) is 5.92 Å². The Balaban J connectivity index is 1.41. The molecule has 2 fully saturated rings. The fourth-order valence-electron chi connectivity index (χ4n) is 3.68. The second-order valence-electron chi connectivity index (χ2n) is 8.26. The third-order valence-corrected chi connectivity index (χ3v) is 6.77. The molecule has 1 unspecified atom stereocenters. The average molecular weight is 430 g/mol. The molecule has 1 amide bonds. The van der Waals surface area contributed by atoms with Crippen LogP contribution >= 0.6 is 11.8 Å². The number of carbonyl (C=O) groups excluding carboxylic acids is 1. The van der Waals surface area contributed by atoms with Gasteiger partial charge in [-0.3, -0.25) is 9.36 Å². The normalized spacial score (nSPS) is 18.3. The Morgan fingerprint density at radius 3 is 2.53 bits per heavy atom. The van der Waals surface area contributed by atoms with Gasteiger partial charge in [-0.15, -0.1) is 10.2 Å². The molecule has 4 rings (SSSR count). The number of thioether (sulfide) groups is 1. The zero-order chi connectivity index (χ0) is 21.1. The molecule has 1 aromatic heterocycles. The lowest BCUT2D eigenvalue weighted by Crippen LogP contribution is -2.34. The molecule has 1 aliphatic heterocycles. The third kappa shape index (κ3) is 4.91. The first-order valence-corrected chi connectivity index (χ1v) is 11.8. The van der Waals surface area contributed by atoms with E-state index in [-0.39, 0.29) is 11.2 Å². The Hall–Kier alpha value is -2.22. The SMILES string of the molecule is CCOc1ccc(NC(=O)C(C)Sc2nnc(N3CCC(C)CC3)n2C2CC2)cc1. The highest BCUT2D eigenvalue weighted by Gasteiger charge is 2.33. The minimum absolute atomic E-state index is 0.0390. The number of carbonyl (C=O) groups is 1. The highest BCUT2D eigenvalue weighted by atomic mass is 32.2. The third-order valence-electron chi connectivity index (χ3n) is 5.71. The van der Waals surface area contributed by atoms with Crippen molar-refractivity contribution in [1.82, 2.24) is 14.8 Å². The molecule has 1 saturated carbocycles. The van der Waals surface area contributed by atoms with Crippen LogP contribution in [0.3, 0.4) is 0 Å². The van der Waals surface area contributed by atoms with Crippen LogP contribution in [-0.2, 0) is 4.79 Å². The molecular weight excluding hydrogens is 398 g/mol. The molecule has 0 bridgehead atoms. The molecule has 1 aliphatic carbocycles. The predicted molar refractivity (Wildman–Crippen MR) is 120 cm³/mol. The standard InChI is InChI=1S/C22H31N5O2S/c1-4-29-19-9-5-17(6-10-19)23-20(28)16(3)30-22-25-24-21(27(22)18-7-8-18)26-13-11-15(2)12-14-26/h5-6,9-10,15-16,18H,4,7-8,11-14H2,1-3H3,(H,23,28). The summed E-state index contributed by atoms with van der Waals surface area (Å²) in [4.78, 5) is 15.1. The lowest BCUT2D eigenvalue weighted by molar-refractivity contribution is -0.115. The summed E-state index contributed by atoms with van der Waals surface area (Å²) in [5.41, 5.74) is 0.766. The van der Waals surface area contributed by atoms with E-state index in [1.165, 1.54) is 24.6 Å². The van der Waals surface area contributed by atoms with E-state index in [9.17, 15) is 4.79 Å². The van der Waals surface area contributed by atoms with Crippen molar-refractivity contribution >= 4 is 29.3 Å². The van der Waals surface area contributed by atoms with Gasteiger partial charge in [0.2, 0.25) is 11.9 Å². The van der Waals surface area contributed by atoms with Crippen molar-refractivity contribution in [2.75, 3.05) is 29.9 Å². The maximum absolute atomic E-state index is 12.7. The number of nitrogens with one attached hydrogen (secondary N) is 1. The van der Waals surface area contributed by atoms with Gasteiger partial charge in [-0.05, 0) is 69.7 Å². The van der Waals surface area contributed by atoms with Crippen LogP contribution in [-0.4, -0.2) is 45.6 Å². The minimum Gasteiger partial charge on any atom is -0.494 e. The first kappa shape index (κ1) is 21.0. The maximum atomic E-state index is 12.7. The van der Waals surface area contributed by atoms with E-state index < -0.39 is 0 Å². The second kappa shape index (κ2) is 9.29. The quantitative estimate of drug-likeness (QED) is 0.629. The summed E-state index contributed by atoms with van der Waals surface area (Å²) in [6, 6.07) is 7.93. The second-order valence-corrected chi connectivity index (χ2v) is 9.57. The van der Waals surface area contributed by atoms with Crippen LogP contribution in [0.1, 0.15) is 52.5 Å². The van der Waals surface area contributed by atoms with Crippen molar-refractivity contribution in [3.63, 3.8) is 0 Å². The molecule has 8 heteroatoms. The van der Waals surface area contributed by atoms with Crippen LogP contribution in [0.25, 0.3) is 0 Å². The van der Waals surface area contributed by atoms with Gasteiger partial charge in [0.25, 0.3) is 0 Å². The van der Waals surface area contributed by atoms with Crippen LogP contribution in [0.2, 0.25) is 0 Å². The number of aromatic nitrogens is 3.